The molecular formula is C30H26N4O4. The standard InChI is InChI=1S/C30H26N4O4/c1-36-28-15-10-20(16-29(28)37-2)18-31-34-30(35)27-17-26(32-33-27)22-11-13-24(14-12-22)38-19-23-8-5-7-21-6-3-4-9-25(21)23/h3-18H,19H2,1-2H3,(H,32,33)(H,34,35). The Kier molecular flexibility index (Phi) is 7.31. The molecule has 1 heterocycles. The van der Waals surface area contributed by atoms with Gasteiger partial charge in [-0.25, -0.2) is 5.43 Å². The first-order valence-corrected chi connectivity index (χ1v) is 12.0. The minimum absolute atomic E-state index is 0.292. The predicted molar refractivity (Wildman–Crippen MR) is 147 cm³/mol. The van der Waals surface area contributed by atoms with Crippen molar-refractivity contribution in [1.82, 2.24) is 15.6 Å². The number of aromatic nitrogens is 2. The van der Waals surface area contributed by atoms with Gasteiger partial charge in [0.2, 0.25) is 0 Å². The Balaban J connectivity index is 1.19. The first kappa shape index (κ1) is 24.6. The van der Waals surface area contributed by atoms with Crippen LogP contribution in [0.2, 0.25) is 0 Å². The van der Waals surface area contributed by atoms with E-state index in [0.29, 0.717) is 29.5 Å². The van der Waals surface area contributed by atoms with Gasteiger partial charge in [0.15, 0.2) is 11.5 Å². The molecule has 4 aromatic carbocycles. The number of amides is 1. The van der Waals surface area contributed by atoms with E-state index in [2.05, 4.69) is 45.0 Å². The van der Waals surface area contributed by atoms with Crippen molar-refractivity contribution in [2.45, 2.75) is 6.61 Å². The SMILES string of the molecule is COc1ccc(C=NNC(=O)c2cc(-c3ccc(OCc4cccc5ccccc45)cc3)n[nH]2)cc1OC. The molecule has 0 bridgehead atoms. The monoisotopic (exact) mass is 506 g/mol. The fourth-order valence-electron chi connectivity index (χ4n) is 4.05. The van der Waals surface area contributed by atoms with Crippen molar-refractivity contribution in [3.05, 3.63) is 108 Å². The number of methoxy groups -OCH3 is 2. The van der Waals surface area contributed by atoms with E-state index >= 15 is 0 Å². The molecule has 5 aromatic rings. The van der Waals surface area contributed by atoms with Gasteiger partial charge in [-0.05, 0) is 70.4 Å². The third kappa shape index (κ3) is 5.49. The molecule has 0 radical (unpaired) electrons. The number of hydrazone groups is 1. The highest BCUT2D eigenvalue weighted by molar-refractivity contribution is 5.94. The fourth-order valence-corrected chi connectivity index (χ4v) is 4.05. The zero-order valence-electron chi connectivity index (χ0n) is 21.0. The Morgan fingerprint density at radius 1 is 0.921 bits per heavy atom. The molecule has 0 atom stereocenters. The van der Waals surface area contributed by atoms with Crippen LogP contribution in [0, 0.1) is 0 Å². The lowest BCUT2D eigenvalue weighted by molar-refractivity contribution is 0.0950. The predicted octanol–water partition coefficient (Wildman–Crippen LogP) is 5.59. The summed E-state index contributed by atoms with van der Waals surface area (Å²) in [5.74, 6) is 1.53. The number of benzene rings is 4. The Labute approximate surface area is 219 Å². The van der Waals surface area contributed by atoms with Crippen LogP contribution >= 0.6 is 0 Å². The molecule has 0 unspecified atom stereocenters. The highest BCUT2D eigenvalue weighted by Crippen LogP contribution is 2.27. The van der Waals surface area contributed by atoms with Gasteiger partial charge in [-0.2, -0.15) is 10.2 Å². The van der Waals surface area contributed by atoms with Gasteiger partial charge in [-0.15, -0.1) is 0 Å². The molecule has 1 amide bonds. The highest BCUT2D eigenvalue weighted by Gasteiger charge is 2.11. The van der Waals surface area contributed by atoms with Crippen molar-refractivity contribution in [2.24, 2.45) is 5.10 Å². The van der Waals surface area contributed by atoms with Gasteiger partial charge in [-0.3, -0.25) is 9.89 Å². The lowest BCUT2D eigenvalue weighted by atomic mass is 10.1. The molecule has 1 aromatic heterocycles. The van der Waals surface area contributed by atoms with Crippen molar-refractivity contribution in [3.8, 4) is 28.5 Å². The van der Waals surface area contributed by atoms with Gasteiger partial charge < -0.3 is 14.2 Å². The smallest absolute Gasteiger partial charge is 0.289 e. The largest absolute Gasteiger partial charge is 0.493 e. The number of rotatable bonds is 9. The maximum Gasteiger partial charge on any atom is 0.289 e. The summed E-state index contributed by atoms with van der Waals surface area (Å²) in [5.41, 5.74) is 6.16. The molecular weight excluding hydrogens is 480 g/mol. The van der Waals surface area contributed by atoms with Crippen LogP contribution in [0.15, 0.2) is 96.1 Å². The molecule has 0 saturated carbocycles. The van der Waals surface area contributed by atoms with E-state index in [4.69, 9.17) is 14.2 Å². The summed E-state index contributed by atoms with van der Waals surface area (Å²) in [6, 6.07) is 29.1. The second kappa shape index (κ2) is 11.3. The Morgan fingerprint density at radius 3 is 2.53 bits per heavy atom. The number of ether oxygens (including phenoxy) is 3. The quantitative estimate of drug-likeness (QED) is 0.201. The maximum atomic E-state index is 12.5. The molecule has 38 heavy (non-hydrogen) atoms. The number of nitrogens with zero attached hydrogens (tertiary/aromatic N) is 2. The number of aromatic amines is 1. The summed E-state index contributed by atoms with van der Waals surface area (Å²) in [6.07, 6.45) is 1.52. The van der Waals surface area contributed by atoms with Crippen LogP contribution in [-0.2, 0) is 6.61 Å². The highest BCUT2D eigenvalue weighted by atomic mass is 16.5. The van der Waals surface area contributed by atoms with Crippen LogP contribution in [0.4, 0.5) is 0 Å². The number of nitrogens with one attached hydrogen (secondary N) is 2. The number of H-pyrrole nitrogens is 1. The van der Waals surface area contributed by atoms with E-state index < -0.39 is 5.91 Å². The number of fused-ring (bicyclic) bond motifs is 1. The first-order valence-electron chi connectivity index (χ1n) is 12.0. The number of hydrogen-bond acceptors (Lipinski definition) is 6. The van der Waals surface area contributed by atoms with Crippen molar-refractivity contribution in [1.29, 1.82) is 0 Å². The molecule has 0 fully saturated rings. The van der Waals surface area contributed by atoms with Crippen LogP contribution in [0.3, 0.4) is 0 Å². The topological polar surface area (TPSA) is 97.8 Å². The maximum absolute atomic E-state index is 12.5. The number of carbonyl (C=O) groups excluding carboxylic acids is 1. The van der Waals surface area contributed by atoms with Crippen molar-refractivity contribution in [3.63, 3.8) is 0 Å². The third-order valence-corrected chi connectivity index (χ3v) is 6.03. The molecule has 5 rings (SSSR count). The van der Waals surface area contributed by atoms with Crippen LogP contribution < -0.4 is 19.6 Å². The van der Waals surface area contributed by atoms with Crippen LogP contribution in [-0.4, -0.2) is 36.5 Å². The Morgan fingerprint density at radius 2 is 1.71 bits per heavy atom. The van der Waals surface area contributed by atoms with Gasteiger partial charge in [0.25, 0.3) is 5.91 Å². The molecule has 0 spiro atoms. The fraction of sp³-hybridized carbons (Fsp3) is 0.100. The van der Waals surface area contributed by atoms with Gasteiger partial charge in [0, 0.05) is 5.56 Å². The minimum Gasteiger partial charge on any atom is -0.493 e. The van der Waals surface area contributed by atoms with Crippen LogP contribution in [0.25, 0.3) is 22.0 Å². The molecule has 8 heteroatoms. The van der Waals surface area contributed by atoms with Crippen molar-refractivity contribution in [2.75, 3.05) is 14.2 Å². The zero-order chi connectivity index (χ0) is 26.3. The van der Waals surface area contributed by atoms with Gasteiger partial charge >= 0.3 is 0 Å². The van der Waals surface area contributed by atoms with Gasteiger partial charge in [0.1, 0.15) is 18.1 Å². The summed E-state index contributed by atoms with van der Waals surface area (Å²) in [5, 5.41) is 13.4. The van der Waals surface area contributed by atoms with Crippen LogP contribution in [0.1, 0.15) is 21.6 Å². The molecule has 8 nitrogen and oxygen atoms in total. The lowest BCUT2D eigenvalue weighted by Crippen LogP contribution is -2.18. The summed E-state index contributed by atoms with van der Waals surface area (Å²) < 4.78 is 16.5. The Hall–Kier alpha value is -5.11. The van der Waals surface area contributed by atoms with Crippen molar-refractivity contribution < 1.29 is 19.0 Å². The zero-order valence-corrected chi connectivity index (χ0v) is 21.0. The van der Waals surface area contributed by atoms with Gasteiger partial charge in [-0.1, -0.05) is 42.5 Å². The molecule has 0 saturated heterocycles. The normalized spacial score (nSPS) is 11.0. The van der Waals surface area contributed by atoms with Crippen molar-refractivity contribution >= 4 is 22.9 Å². The molecule has 0 aliphatic carbocycles. The van der Waals surface area contributed by atoms with Gasteiger partial charge in [0.05, 0.1) is 26.1 Å². The summed E-state index contributed by atoms with van der Waals surface area (Å²) >= 11 is 0. The van der Waals surface area contributed by atoms with E-state index in [1.807, 2.05) is 42.5 Å². The second-order valence-corrected chi connectivity index (χ2v) is 8.43. The second-order valence-electron chi connectivity index (χ2n) is 8.43. The molecule has 0 aliphatic rings. The van der Waals surface area contributed by atoms with E-state index in [1.54, 1.807) is 38.5 Å². The average Bonchev–Trinajstić information content (AvgIpc) is 3.47. The number of hydrogen-bond donors (Lipinski definition) is 2. The van der Waals surface area contributed by atoms with E-state index in [0.717, 1.165) is 22.4 Å². The summed E-state index contributed by atoms with van der Waals surface area (Å²) in [4.78, 5) is 12.5. The van der Waals surface area contributed by atoms with E-state index in [9.17, 15) is 4.79 Å². The van der Waals surface area contributed by atoms with E-state index in [1.165, 1.54) is 17.0 Å². The first-order chi connectivity index (χ1) is 18.6. The van der Waals surface area contributed by atoms with E-state index in [-0.39, 0.29) is 0 Å². The Bertz CT molecular complexity index is 1590. The summed E-state index contributed by atoms with van der Waals surface area (Å²) in [6.45, 7) is 0.469. The van der Waals surface area contributed by atoms with Crippen LogP contribution in [0.5, 0.6) is 17.2 Å². The molecule has 2 N–H and O–H groups in total. The third-order valence-electron chi connectivity index (χ3n) is 6.03. The molecule has 0 aliphatic heterocycles. The molecule has 190 valence electrons. The average molecular weight is 507 g/mol. The summed E-state index contributed by atoms with van der Waals surface area (Å²) in [7, 11) is 3.13. The minimum atomic E-state index is -0.407. The number of carbonyl (C=O) groups is 1. The lowest BCUT2D eigenvalue weighted by Gasteiger charge is -2.09.